The standard InChI is InChI=1S/C12H16ClFN2/c1-12(2)7-15-6-11(16-12)9-5-8(14)3-4-10(9)13/h3-5,11,15-16H,6-7H2,1-2H3. The van der Waals surface area contributed by atoms with Gasteiger partial charge in [-0.25, -0.2) is 4.39 Å². The number of hydrogen-bond acceptors (Lipinski definition) is 2. The molecule has 0 amide bonds. The number of hydrogen-bond donors (Lipinski definition) is 2. The highest BCUT2D eigenvalue weighted by atomic mass is 35.5. The Morgan fingerprint density at radius 1 is 1.44 bits per heavy atom. The van der Waals surface area contributed by atoms with Gasteiger partial charge in [-0.2, -0.15) is 0 Å². The van der Waals surface area contributed by atoms with Gasteiger partial charge in [0.25, 0.3) is 0 Å². The van der Waals surface area contributed by atoms with Crippen LogP contribution in [0.3, 0.4) is 0 Å². The Morgan fingerprint density at radius 2 is 2.19 bits per heavy atom. The zero-order valence-corrected chi connectivity index (χ0v) is 10.2. The first-order valence-corrected chi connectivity index (χ1v) is 5.79. The SMILES string of the molecule is CC1(C)CNCC(c2cc(F)ccc2Cl)N1. The maximum Gasteiger partial charge on any atom is 0.123 e. The third-order valence-electron chi connectivity index (χ3n) is 2.81. The van der Waals surface area contributed by atoms with Crippen LogP contribution in [0.5, 0.6) is 0 Å². The van der Waals surface area contributed by atoms with Gasteiger partial charge in [-0.3, -0.25) is 0 Å². The van der Waals surface area contributed by atoms with Gasteiger partial charge in [-0.1, -0.05) is 11.6 Å². The summed E-state index contributed by atoms with van der Waals surface area (Å²) in [6.45, 7) is 5.89. The van der Waals surface area contributed by atoms with Gasteiger partial charge < -0.3 is 10.6 Å². The molecule has 1 heterocycles. The Morgan fingerprint density at radius 3 is 2.88 bits per heavy atom. The highest BCUT2D eigenvalue weighted by Crippen LogP contribution is 2.26. The van der Waals surface area contributed by atoms with Crippen LogP contribution in [0.1, 0.15) is 25.5 Å². The molecule has 1 fully saturated rings. The minimum absolute atomic E-state index is 0.00143. The van der Waals surface area contributed by atoms with Crippen molar-refractivity contribution in [2.24, 2.45) is 0 Å². The summed E-state index contributed by atoms with van der Waals surface area (Å²) in [5.41, 5.74) is 0.820. The van der Waals surface area contributed by atoms with Crippen molar-refractivity contribution < 1.29 is 4.39 Å². The average Bonchev–Trinajstić information content (AvgIpc) is 2.20. The van der Waals surface area contributed by atoms with E-state index in [2.05, 4.69) is 24.5 Å². The lowest BCUT2D eigenvalue weighted by atomic mass is 9.96. The lowest BCUT2D eigenvalue weighted by Crippen LogP contribution is -2.56. The number of halogens is 2. The summed E-state index contributed by atoms with van der Waals surface area (Å²) >= 11 is 6.09. The predicted molar refractivity (Wildman–Crippen MR) is 64.2 cm³/mol. The van der Waals surface area contributed by atoms with Crippen LogP contribution in [-0.2, 0) is 0 Å². The van der Waals surface area contributed by atoms with E-state index in [1.165, 1.54) is 12.1 Å². The van der Waals surface area contributed by atoms with E-state index in [0.29, 0.717) is 5.02 Å². The van der Waals surface area contributed by atoms with Crippen LogP contribution in [0.25, 0.3) is 0 Å². The fourth-order valence-corrected chi connectivity index (χ4v) is 2.32. The summed E-state index contributed by atoms with van der Waals surface area (Å²) in [5, 5.41) is 7.40. The first kappa shape index (κ1) is 11.8. The second kappa shape index (κ2) is 4.32. The van der Waals surface area contributed by atoms with E-state index in [1.807, 2.05) is 0 Å². The van der Waals surface area contributed by atoms with E-state index in [-0.39, 0.29) is 17.4 Å². The second-order valence-corrected chi connectivity index (χ2v) is 5.28. The van der Waals surface area contributed by atoms with Crippen molar-refractivity contribution in [3.8, 4) is 0 Å². The Kier molecular flexibility index (Phi) is 3.19. The first-order chi connectivity index (χ1) is 7.48. The molecule has 4 heteroatoms. The third kappa shape index (κ3) is 2.54. The molecule has 0 spiro atoms. The molecule has 88 valence electrons. The molecule has 2 rings (SSSR count). The topological polar surface area (TPSA) is 24.1 Å². The van der Waals surface area contributed by atoms with Crippen molar-refractivity contribution >= 4 is 11.6 Å². The van der Waals surface area contributed by atoms with Crippen molar-refractivity contribution in [2.45, 2.75) is 25.4 Å². The maximum absolute atomic E-state index is 13.2. The van der Waals surface area contributed by atoms with Crippen molar-refractivity contribution in [3.05, 3.63) is 34.6 Å². The van der Waals surface area contributed by atoms with Gasteiger partial charge in [0.2, 0.25) is 0 Å². The maximum atomic E-state index is 13.2. The van der Waals surface area contributed by atoms with Crippen LogP contribution < -0.4 is 10.6 Å². The van der Waals surface area contributed by atoms with Crippen LogP contribution in [0, 0.1) is 5.82 Å². The molecule has 0 bridgehead atoms. The summed E-state index contributed by atoms with van der Waals surface area (Å²) < 4.78 is 13.2. The highest BCUT2D eigenvalue weighted by molar-refractivity contribution is 6.31. The molecule has 1 atom stereocenters. The van der Waals surface area contributed by atoms with E-state index < -0.39 is 0 Å². The lowest BCUT2D eigenvalue weighted by Gasteiger charge is -2.38. The van der Waals surface area contributed by atoms with E-state index in [9.17, 15) is 4.39 Å². The Balaban J connectivity index is 2.26. The van der Waals surface area contributed by atoms with Crippen molar-refractivity contribution in [3.63, 3.8) is 0 Å². The van der Waals surface area contributed by atoms with Gasteiger partial charge >= 0.3 is 0 Å². The van der Waals surface area contributed by atoms with Crippen LogP contribution in [0.4, 0.5) is 4.39 Å². The average molecular weight is 243 g/mol. The van der Waals surface area contributed by atoms with Crippen LogP contribution in [0.2, 0.25) is 5.02 Å². The normalized spacial score (nSPS) is 24.4. The minimum atomic E-state index is -0.246. The molecule has 2 N–H and O–H groups in total. The minimum Gasteiger partial charge on any atom is -0.313 e. The highest BCUT2D eigenvalue weighted by Gasteiger charge is 2.28. The molecule has 1 aliphatic rings. The van der Waals surface area contributed by atoms with E-state index in [4.69, 9.17) is 11.6 Å². The lowest BCUT2D eigenvalue weighted by molar-refractivity contribution is 0.264. The summed E-state index contributed by atoms with van der Waals surface area (Å²) in [6, 6.07) is 4.55. The number of benzene rings is 1. The summed E-state index contributed by atoms with van der Waals surface area (Å²) in [6.07, 6.45) is 0. The number of nitrogens with one attached hydrogen (secondary N) is 2. The quantitative estimate of drug-likeness (QED) is 0.791. The molecule has 1 aromatic carbocycles. The largest absolute Gasteiger partial charge is 0.313 e. The third-order valence-corrected chi connectivity index (χ3v) is 3.16. The van der Waals surface area contributed by atoms with E-state index >= 15 is 0 Å². The van der Waals surface area contributed by atoms with Crippen molar-refractivity contribution in [1.82, 2.24) is 10.6 Å². The van der Waals surface area contributed by atoms with Gasteiger partial charge in [0, 0.05) is 29.7 Å². The fourth-order valence-electron chi connectivity index (χ4n) is 2.07. The van der Waals surface area contributed by atoms with Crippen molar-refractivity contribution in [2.75, 3.05) is 13.1 Å². The van der Waals surface area contributed by atoms with Gasteiger partial charge in [0.05, 0.1) is 0 Å². The molecule has 1 unspecified atom stereocenters. The molecule has 0 radical (unpaired) electrons. The first-order valence-electron chi connectivity index (χ1n) is 5.41. The summed E-state index contributed by atoms with van der Waals surface area (Å²) in [7, 11) is 0. The molecular formula is C12H16ClFN2. The van der Waals surface area contributed by atoms with Gasteiger partial charge in [0.15, 0.2) is 0 Å². The summed E-state index contributed by atoms with van der Waals surface area (Å²) in [4.78, 5) is 0. The smallest absolute Gasteiger partial charge is 0.123 e. The molecule has 2 nitrogen and oxygen atoms in total. The molecular weight excluding hydrogens is 227 g/mol. The summed E-state index contributed by atoms with van der Waals surface area (Å²) in [5.74, 6) is -0.246. The molecule has 0 aromatic heterocycles. The Bertz CT molecular complexity index is 393. The molecule has 0 aliphatic carbocycles. The van der Waals surface area contributed by atoms with Crippen LogP contribution in [0.15, 0.2) is 18.2 Å². The zero-order chi connectivity index (χ0) is 11.8. The Hall–Kier alpha value is -0.640. The molecule has 1 aromatic rings. The monoisotopic (exact) mass is 242 g/mol. The van der Waals surface area contributed by atoms with E-state index in [1.54, 1.807) is 6.07 Å². The predicted octanol–water partition coefficient (Wildman–Crippen LogP) is 2.49. The Labute approximate surface area is 100 Å². The number of piperazine rings is 1. The van der Waals surface area contributed by atoms with Crippen molar-refractivity contribution in [1.29, 1.82) is 0 Å². The van der Waals surface area contributed by atoms with Crippen LogP contribution >= 0.6 is 11.6 Å². The van der Waals surface area contributed by atoms with Gasteiger partial charge in [-0.15, -0.1) is 0 Å². The van der Waals surface area contributed by atoms with Gasteiger partial charge in [0.1, 0.15) is 5.82 Å². The molecule has 1 saturated heterocycles. The fraction of sp³-hybridized carbons (Fsp3) is 0.500. The second-order valence-electron chi connectivity index (χ2n) is 4.88. The molecule has 16 heavy (non-hydrogen) atoms. The van der Waals surface area contributed by atoms with E-state index in [0.717, 1.165) is 18.7 Å². The molecule has 0 saturated carbocycles. The molecule has 1 aliphatic heterocycles. The number of rotatable bonds is 1. The van der Waals surface area contributed by atoms with Crippen LogP contribution in [-0.4, -0.2) is 18.6 Å². The van der Waals surface area contributed by atoms with Gasteiger partial charge in [-0.05, 0) is 37.6 Å². The zero-order valence-electron chi connectivity index (χ0n) is 9.48.